The summed E-state index contributed by atoms with van der Waals surface area (Å²) in [5.74, 6) is -2.68. The van der Waals surface area contributed by atoms with Crippen molar-refractivity contribution in [1.29, 1.82) is 0 Å². The topological polar surface area (TPSA) is 114 Å². The molecule has 8 nitrogen and oxygen atoms in total. The van der Waals surface area contributed by atoms with Crippen molar-refractivity contribution in [3.05, 3.63) is 71.8 Å². The molecule has 0 aliphatic carbocycles. The Morgan fingerprint density at radius 2 is 1.63 bits per heavy atom. The summed E-state index contributed by atoms with van der Waals surface area (Å²) >= 11 is 6.16. The van der Waals surface area contributed by atoms with Gasteiger partial charge >= 0.3 is 18.2 Å². The Hall–Kier alpha value is -3.73. The maximum atomic E-state index is 12.0. The molecule has 1 amide bonds. The van der Waals surface area contributed by atoms with Crippen LogP contribution < -0.4 is 10.1 Å². The van der Waals surface area contributed by atoms with Crippen molar-refractivity contribution in [2.24, 2.45) is 0 Å². The van der Waals surface area contributed by atoms with Gasteiger partial charge in [0.25, 0.3) is 5.91 Å². The van der Waals surface area contributed by atoms with E-state index in [2.05, 4.69) is 20.3 Å². The zero-order chi connectivity index (χ0) is 22.1. The van der Waals surface area contributed by atoms with Crippen molar-refractivity contribution in [3.8, 4) is 11.8 Å². The predicted octanol–water partition coefficient (Wildman–Crippen LogP) is 4.20. The first-order valence-corrected chi connectivity index (χ1v) is 8.31. The van der Waals surface area contributed by atoms with Gasteiger partial charge in [0.15, 0.2) is 0 Å². The van der Waals surface area contributed by atoms with E-state index >= 15 is 0 Å². The maximum absolute atomic E-state index is 12.0. The Morgan fingerprint density at radius 1 is 1.00 bits per heavy atom. The molecule has 1 aromatic carbocycles. The van der Waals surface area contributed by atoms with Crippen LogP contribution in [0.4, 0.5) is 18.9 Å². The first kappa shape index (κ1) is 22.6. The molecule has 30 heavy (non-hydrogen) atoms. The molecule has 12 heteroatoms. The molecule has 0 radical (unpaired) electrons. The largest absolute Gasteiger partial charge is 0.490 e. The molecule has 0 unspecified atom stereocenters. The highest BCUT2D eigenvalue weighted by atomic mass is 35.5. The Kier molecular flexibility index (Phi) is 7.64. The molecular weight excluding hydrogens is 429 g/mol. The molecule has 0 bridgehead atoms. The number of aliphatic carboxylic acids is 1. The summed E-state index contributed by atoms with van der Waals surface area (Å²) in [5, 5.41) is 10.2. The van der Waals surface area contributed by atoms with E-state index in [0.717, 1.165) is 0 Å². The van der Waals surface area contributed by atoms with Crippen molar-refractivity contribution in [2.75, 3.05) is 5.32 Å². The van der Waals surface area contributed by atoms with Crippen LogP contribution in [0.3, 0.4) is 0 Å². The number of carbonyl (C=O) groups is 2. The van der Waals surface area contributed by atoms with Crippen LogP contribution in [0.2, 0.25) is 5.02 Å². The van der Waals surface area contributed by atoms with Crippen LogP contribution in [0.25, 0.3) is 0 Å². The van der Waals surface area contributed by atoms with Crippen molar-refractivity contribution >= 4 is 29.2 Å². The highest BCUT2D eigenvalue weighted by Crippen LogP contribution is 2.30. The van der Waals surface area contributed by atoms with Gasteiger partial charge in [-0.3, -0.25) is 9.78 Å². The number of carboxylic acids is 1. The van der Waals surface area contributed by atoms with Gasteiger partial charge in [-0.25, -0.2) is 14.8 Å². The fourth-order valence-electron chi connectivity index (χ4n) is 1.79. The van der Waals surface area contributed by atoms with Gasteiger partial charge in [-0.15, -0.1) is 0 Å². The van der Waals surface area contributed by atoms with Gasteiger partial charge < -0.3 is 15.2 Å². The fraction of sp³-hybridized carbons (Fsp3) is 0.0556. The number of anilines is 1. The van der Waals surface area contributed by atoms with Gasteiger partial charge in [0.05, 0.1) is 5.02 Å². The number of rotatable bonds is 4. The van der Waals surface area contributed by atoms with E-state index in [-0.39, 0.29) is 11.9 Å². The zero-order valence-electron chi connectivity index (χ0n) is 14.8. The number of ether oxygens (including phenoxy) is 1. The Bertz CT molecular complexity index is 1010. The predicted molar refractivity (Wildman–Crippen MR) is 99.4 cm³/mol. The lowest BCUT2D eigenvalue weighted by molar-refractivity contribution is -0.192. The van der Waals surface area contributed by atoms with Crippen LogP contribution in [0.15, 0.2) is 61.1 Å². The average Bonchev–Trinajstić information content (AvgIpc) is 2.71. The smallest absolute Gasteiger partial charge is 0.475 e. The van der Waals surface area contributed by atoms with Crippen LogP contribution in [0, 0.1) is 0 Å². The Labute approximate surface area is 172 Å². The number of alkyl halides is 3. The molecule has 2 N–H and O–H groups in total. The monoisotopic (exact) mass is 440 g/mol. The SMILES string of the molecule is O=C(Nc1ccc(Oc2ncccn2)c(Cl)c1)c1ccccn1.O=C(O)C(F)(F)F. The van der Waals surface area contributed by atoms with Crippen molar-refractivity contribution < 1.29 is 32.6 Å². The molecular formula is C18H12ClF3N4O4. The molecule has 3 rings (SSSR count). The van der Waals surface area contributed by atoms with E-state index in [1.54, 1.807) is 61.1 Å². The molecule has 3 aromatic rings. The normalized spacial score (nSPS) is 10.4. The standard InChI is InChI=1S/C16H11ClN4O2.C2HF3O2/c17-12-10-11(21-15(22)13-4-1-2-7-18-13)5-6-14(12)23-16-19-8-3-9-20-16;3-2(4,5)1(6)7/h1-10H,(H,21,22);(H,6,7). The van der Waals surface area contributed by atoms with Gasteiger partial charge in [-0.1, -0.05) is 17.7 Å². The second-order valence-corrected chi connectivity index (χ2v) is 5.66. The van der Waals surface area contributed by atoms with Crippen molar-refractivity contribution in [3.63, 3.8) is 0 Å². The lowest BCUT2D eigenvalue weighted by Gasteiger charge is -2.08. The number of pyridine rings is 1. The van der Waals surface area contributed by atoms with E-state index in [9.17, 15) is 18.0 Å². The van der Waals surface area contributed by atoms with Crippen LogP contribution in [0.5, 0.6) is 11.8 Å². The minimum atomic E-state index is -5.08. The first-order valence-electron chi connectivity index (χ1n) is 7.93. The number of amides is 1. The van der Waals surface area contributed by atoms with Gasteiger partial charge in [-0.05, 0) is 36.4 Å². The van der Waals surface area contributed by atoms with Gasteiger partial charge in [-0.2, -0.15) is 13.2 Å². The first-order chi connectivity index (χ1) is 14.2. The number of nitrogens with one attached hydrogen (secondary N) is 1. The molecule has 0 fully saturated rings. The van der Waals surface area contributed by atoms with Gasteiger partial charge in [0.2, 0.25) is 0 Å². The number of carboxylic acid groups (broad SMARTS) is 1. The molecule has 0 saturated carbocycles. The third kappa shape index (κ3) is 7.02. The minimum absolute atomic E-state index is 0.194. The molecule has 0 aliphatic heterocycles. The molecule has 2 heterocycles. The summed E-state index contributed by atoms with van der Waals surface area (Å²) in [6, 6.07) is 11.9. The fourth-order valence-corrected chi connectivity index (χ4v) is 2.01. The summed E-state index contributed by atoms with van der Waals surface area (Å²) in [5.41, 5.74) is 0.855. The number of benzene rings is 1. The highest BCUT2D eigenvalue weighted by molar-refractivity contribution is 6.32. The summed E-state index contributed by atoms with van der Waals surface area (Å²) < 4.78 is 37.2. The van der Waals surface area contributed by atoms with Crippen LogP contribution in [-0.2, 0) is 4.79 Å². The average molecular weight is 441 g/mol. The molecule has 156 valence electrons. The molecule has 0 saturated heterocycles. The Morgan fingerprint density at radius 3 is 2.17 bits per heavy atom. The number of hydrogen-bond acceptors (Lipinski definition) is 6. The quantitative estimate of drug-likeness (QED) is 0.624. The van der Waals surface area contributed by atoms with Crippen LogP contribution in [-0.4, -0.2) is 38.1 Å². The van der Waals surface area contributed by atoms with E-state index in [1.165, 1.54) is 0 Å². The van der Waals surface area contributed by atoms with Gasteiger partial charge in [0, 0.05) is 24.3 Å². The number of aromatic nitrogens is 3. The van der Waals surface area contributed by atoms with Crippen LogP contribution >= 0.6 is 11.6 Å². The summed E-state index contributed by atoms with van der Waals surface area (Å²) in [6.07, 6.45) is -0.395. The summed E-state index contributed by atoms with van der Waals surface area (Å²) in [4.78, 5) is 32.8. The molecule has 0 atom stereocenters. The summed E-state index contributed by atoms with van der Waals surface area (Å²) in [6.45, 7) is 0. The van der Waals surface area contributed by atoms with E-state index in [0.29, 0.717) is 22.2 Å². The number of halogens is 4. The van der Waals surface area contributed by atoms with E-state index in [4.69, 9.17) is 26.2 Å². The zero-order valence-corrected chi connectivity index (χ0v) is 15.6. The lowest BCUT2D eigenvalue weighted by atomic mass is 10.2. The van der Waals surface area contributed by atoms with Gasteiger partial charge in [0.1, 0.15) is 11.4 Å². The third-order valence-electron chi connectivity index (χ3n) is 3.07. The van der Waals surface area contributed by atoms with E-state index in [1.807, 2.05) is 0 Å². The molecule has 0 spiro atoms. The second-order valence-electron chi connectivity index (χ2n) is 5.25. The minimum Gasteiger partial charge on any atom is -0.475 e. The Balaban J connectivity index is 0.000000396. The van der Waals surface area contributed by atoms with Crippen molar-refractivity contribution in [1.82, 2.24) is 15.0 Å². The highest BCUT2D eigenvalue weighted by Gasteiger charge is 2.38. The summed E-state index contributed by atoms with van der Waals surface area (Å²) in [7, 11) is 0. The van der Waals surface area contributed by atoms with E-state index < -0.39 is 12.1 Å². The second kappa shape index (κ2) is 10.2. The maximum Gasteiger partial charge on any atom is 0.490 e. The number of carbonyl (C=O) groups excluding carboxylic acids is 1. The van der Waals surface area contributed by atoms with Crippen molar-refractivity contribution in [2.45, 2.75) is 6.18 Å². The molecule has 0 aliphatic rings. The lowest BCUT2D eigenvalue weighted by Crippen LogP contribution is -2.21. The van der Waals surface area contributed by atoms with Crippen LogP contribution in [0.1, 0.15) is 10.5 Å². The number of hydrogen-bond donors (Lipinski definition) is 2. The number of nitrogens with zero attached hydrogens (tertiary/aromatic N) is 3. The molecule has 2 aromatic heterocycles. The third-order valence-corrected chi connectivity index (χ3v) is 3.37.